The van der Waals surface area contributed by atoms with E-state index in [0.717, 1.165) is 0 Å². The number of aryl methyl sites for hydroxylation is 1. The summed E-state index contributed by atoms with van der Waals surface area (Å²) in [4.78, 5) is 8.13. The highest BCUT2D eigenvalue weighted by Crippen LogP contribution is 2.20. The summed E-state index contributed by atoms with van der Waals surface area (Å²) in [6.07, 6.45) is 3.27. The Labute approximate surface area is 88.3 Å². The van der Waals surface area contributed by atoms with Crippen LogP contribution in [0.4, 0.5) is 5.82 Å². The lowest BCUT2D eigenvalue weighted by Gasteiger charge is -1.99. The zero-order chi connectivity index (χ0) is 10.1. The minimum atomic E-state index is 0.341. The van der Waals surface area contributed by atoms with Crippen molar-refractivity contribution >= 4 is 21.7 Å². The average molecular weight is 255 g/mol. The third kappa shape index (κ3) is 1.58. The van der Waals surface area contributed by atoms with E-state index in [1.165, 1.54) is 6.20 Å². The third-order valence-electron chi connectivity index (χ3n) is 1.62. The largest absolute Gasteiger partial charge is 0.382 e. The standard InChI is InChI=1S/C7H7BrN6/c1-14-3-4(12-13-14)6-7(9)10-2-5(8)11-6/h2-3H,1H3,(H2,9,10). The molecule has 2 N–H and O–H groups in total. The zero-order valence-corrected chi connectivity index (χ0v) is 8.93. The molecule has 0 radical (unpaired) electrons. The van der Waals surface area contributed by atoms with Gasteiger partial charge in [-0.3, -0.25) is 4.68 Å². The monoisotopic (exact) mass is 254 g/mol. The van der Waals surface area contributed by atoms with E-state index >= 15 is 0 Å². The van der Waals surface area contributed by atoms with Crippen LogP contribution in [0, 0.1) is 0 Å². The Morgan fingerprint density at radius 3 is 2.93 bits per heavy atom. The summed E-state index contributed by atoms with van der Waals surface area (Å²) in [6, 6.07) is 0. The minimum absolute atomic E-state index is 0.341. The van der Waals surface area contributed by atoms with Crippen LogP contribution in [0.1, 0.15) is 0 Å². The molecule has 0 bridgehead atoms. The molecular weight excluding hydrogens is 248 g/mol. The molecule has 0 unspecified atom stereocenters. The molecule has 0 spiro atoms. The normalized spacial score (nSPS) is 10.4. The maximum atomic E-state index is 5.66. The van der Waals surface area contributed by atoms with Crippen molar-refractivity contribution in [3.05, 3.63) is 17.0 Å². The highest BCUT2D eigenvalue weighted by atomic mass is 79.9. The van der Waals surface area contributed by atoms with Crippen LogP contribution >= 0.6 is 15.9 Å². The molecule has 2 rings (SSSR count). The molecule has 0 amide bonds. The molecule has 6 nitrogen and oxygen atoms in total. The molecule has 0 aliphatic rings. The first-order valence-corrected chi connectivity index (χ1v) is 4.61. The van der Waals surface area contributed by atoms with Crippen molar-refractivity contribution in [2.75, 3.05) is 5.73 Å². The second-order valence-electron chi connectivity index (χ2n) is 2.70. The molecule has 2 heterocycles. The van der Waals surface area contributed by atoms with Gasteiger partial charge in [0.1, 0.15) is 16.0 Å². The van der Waals surface area contributed by atoms with E-state index in [-0.39, 0.29) is 0 Å². The van der Waals surface area contributed by atoms with Crippen molar-refractivity contribution in [3.8, 4) is 11.4 Å². The van der Waals surface area contributed by atoms with Crippen LogP contribution in [-0.2, 0) is 7.05 Å². The van der Waals surface area contributed by atoms with E-state index in [1.54, 1.807) is 17.9 Å². The lowest BCUT2D eigenvalue weighted by atomic mass is 10.3. The molecular formula is C7H7BrN6. The number of aromatic nitrogens is 5. The number of rotatable bonds is 1. The molecule has 0 fully saturated rings. The number of hydrogen-bond acceptors (Lipinski definition) is 5. The predicted molar refractivity (Wildman–Crippen MR) is 54.1 cm³/mol. The van der Waals surface area contributed by atoms with Gasteiger partial charge in [0.2, 0.25) is 0 Å². The lowest BCUT2D eigenvalue weighted by Crippen LogP contribution is -1.97. The van der Waals surface area contributed by atoms with E-state index in [4.69, 9.17) is 5.73 Å². The van der Waals surface area contributed by atoms with Crippen LogP contribution in [0.15, 0.2) is 17.0 Å². The van der Waals surface area contributed by atoms with Gasteiger partial charge in [0.05, 0.1) is 12.4 Å². The molecule has 2 aromatic rings. The second-order valence-corrected chi connectivity index (χ2v) is 3.52. The Kier molecular flexibility index (Phi) is 2.16. The summed E-state index contributed by atoms with van der Waals surface area (Å²) in [6.45, 7) is 0. The first-order valence-electron chi connectivity index (χ1n) is 3.81. The van der Waals surface area contributed by atoms with Gasteiger partial charge in [0.25, 0.3) is 0 Å². The molecule has 0 saturated heterocycles. The Hall–Kier alpha value is -1.50. The van der Waals surface area contributed by atoms with Crippen molar-refractivity contribution < 1.29 is 0 Å². The van der Waals surface area contributed by atoms with E-state index in [1.807, 2.05) is 0 Å². The summed E-state index contributed by atoms with van der Waals surface area (Å²) < 4.78 is 2.20. The lowest BCUT2D eigenvalue weighted by molar-refractivity contribution is 0.715. The van der Waals surface area contributed by atoms with Crippen molar-refractivity contribution in [1.82, 2.24) is 25.0 Å². The van der Waals surface area contributed by atoms with E-state index in [9.17, 15) is 0 Å². The molecule has 0 aliphatic carbocycles. The Bertz CT molecular complexity index is 465. The number of anilines is 1. The number of nitrogens with zero attached hydrogens (tertiary/aromatic N) is 5. The molecule has 72 valence electrons. The van der Waals surface area contributed by atoms with Gasteiger partial charge in [-0.25, -0.2) is 9.97 Å². The summed E-state index contributed by atoms with van der Waals surface area (Å²) in [7, 11) is 1.78. The fourth-order valence-electron chi connectivity index (χ4n) is 1.02. The maximum Gasteiger partial charge on any atom is 0.151 e. The van der Waals surface area contributed by atoms with Gasteiger partial charge in [-0.1, -0.05) is 5.21 Å². The molecule has 14 heavy (non-hydrogen) atoms. The fourth-order valence-corrected chi connectivity index (χ4v) is 1.30. The van der Waals surface area contributed by atoms with Crippen LogP contribution in [0.25, 0.3) is 11.4 Å². The topological polar surface area (TPSA) is 82.5 Å². The van der Waals surface area contributed by atoms with Gasteiger partial charge in [0, 0.05) is 7.05 Å². The predicted octanol–water partition coefficient (Wildman–Crippen LogP) is 0.617. The molecule has 2 aromatic heterocycles. The summed E-state index contributed by atoms with van der Waals surface area (Å²) in [5.74, 6) is 0.341. The van der Waals surface area contributed by atoms with Crippen LogP contribution in [0.2, 0.25) is 0 Å². The minimum Gasteiger partial charge on any atom is -0.382 e. The highest BCUT2D eigenvalue weighted by molar-refractivity contribution is 9.10. The third-order valence-corrected chi connectivity index (χ3v) is 2.00. The fraction of sp³-hybridized carbons (Fsp3) is 0.143. The molecule has 0 saturated carbocycles. The summed E-state index contributed by atoms with van der Waals surface area (Å²) in [5, 5.41) is 7.69. The van der Waals surface area contributed by atoms with Gasteiger partial charge in [-0.05, 0) is 15.9 Å². The SMILES string of the molecule is Cn1cc(-c2nc(Br)cnc2N)nn1. The van der Waals surface area contributed by atoms with Gasteiger partial charge >= 0.3 is 0 Å². The van der Waals surface area contributed by atoms with Crippen LogP contribution in [-0.4, -0.2) is 25.0 Å². The Balaban J connectivity index is 2.55. The molecule has 0 aromatic carbocycles. The van der Waals surface area contributed by atoms with Crippen molar-refractivity contribution in [1.29, 1.82) is 0 Å². The van der Waals surface area contributed by atoms with E-state index in [2.05, 4.69) is 36.2 Å². The highest BCUT2D eigenvalue weighted by Gasteiger charge is 2.09. The summed E-state index contributed by atoms with van der Waals surface area (Å²) >= 11 is 3.22. The average Bonchev–Trinajstić information content (AvgIpc) is 2.56. The van der Waals surface area contributed by atoms with E-state index in [0.29, 0.717) is 21.8 Å². The smallest absolute Gasteiger partial charge is 0.151 e. The van der Waals surface area contributed by atoms with Crippen molar-refractivity contribution in [2.24, 2.45) is 7.05 Å². The number of nitrogens with two attached hydrogens (primary N) is 1. The van der Waals surface area contributed by atoms with E-state index < -0.39 is 0 Å². The molecule has 7 heteroatoms. The zero-order valence-electron chi connectivity index (χ0n) is 7.35. The number of halogens is 1. The van der Waals surface area contributed by atoms with Gasteiger partial charge in [-0.15, -0.1) is 5.10 Å². The van der Waals surface area contributed by atoms with Gasteiger partial charge in [-0.2, -0.15) is 0 Å². The summed E-state index contributed by atoms with van der Waals surface area (Å²) in [5.41, 5.74) is 6.80. The number of nitrogen functional groups attached to an aromatic ring is 1. The second kappa shape index (κ2) is 3.33. The maximum absolute atomic E-state index is 5.66. The quantitative estimate of drug-likeness (QED) is 0.807. The van der Waals surface area contributed by atoms with Crippen molar-refractivity contribution in [2.45, 2.75) is 0 Å². The van der Waals surface area contributed by atoms with Crippen molar-refractivity contribution in [3.63, 3.8) is 0 Å². The first-order chi connectivity index (χ1) is 6.66. The molecule has 0 aliphatic heterocycles. The molecule has 0 atom stereocenters. The number of hydrogen-bond donors (Lipinski definition) is 1. The Morgan fingerprint density at radius 1 is 1.50 bits per heavy atom. The van der Waals surface area contributed by atoms with Crippen LogP contribution < -0.4 is 5.73 Å². The first kappa shape index (κ1) is 9.07. The van der Waals surface area contributed by atoms with Crippen LogP contribution in [0.5, 0.6) is 0 Å². The Morgan fingerprint density at radius 2 is 2.29 bits per heavy atom. The van der Waals surface area contributed by atoms with Gasteiger partial charge in [0.15, 0.2) is 5.82 Å². The van der Waals surface area contributed by atoms with Gasteiger partial charge < -0.3 is 5.73 Å². The van der Waals surface area contributed by atoms with Crippen LogP contribution in [0.3, 0.4) is 0 Å².